The third kappa shape index (κ3) is 1.96. The third-order valence-electron chi connectivity index (χ3n) is 1.79. The molecule has 3 heteroatoms. The van der Waals surface area contributed by atoms with Gasteiger partial charge in [0.2, 0.25) is 0 Å². The van der Waals surface area contributed by atoms with Crippen LogP contribution in [0.1, 0.15) is 27.7 Å². The van der Waals surface area contributed by atoms with E-state index in [1.807, 2.05) is 12.3 Å². The van der Waals surface area contributed by atoms with Crippen LogP contribution in [0.3, 0.4) is 0 Å². The van der Waals surface area contributed by atoms with E-state index < -0.39 is 5.12 Å². The Balaban J connectivity index is 2.66. The summed E-state index contributed by atoms with van der Waals surface area (Å²) in [5.41, 5.74) is 0.0727. The number of methoxy groups -OCH3 is 1. The molecule has 0 bridgehead atoms. The number of ether oxygens (including phenoxy) is 2. The van der Waals surface area contributed by atoms with Gasteiger partial charge in [-0.25, -0.2) is 0 Å². The van der Waals surface area contributed by atoms with Crippen molar-refractivity contribution in [1.29, 1.82) is 0 Å². The van der Waals surface area contributed by atoms with Gasteiger partial charge in [0.1, 0.15) is 5.76 Å². The summed E-state index contributed by atoms with van der Waals surface area (Å²) in [5.74, 6) is 0.997. The molecule has 0 fully saturated rings. The molecule has 1 aliphatic rings. The molecule has 12 heavy (non-hydrogen) atoms. The highest BCUT2D eigenvalue weighted by Gasteiger charge is 2.36. The maximum atomic E-state index is 5.66. The van der Waals surface area contributed by atoms with Crippen molar-refractivity contribution in [2.24, 2.45) is 5.41 Å². The third-order valence-corrected chi connectivity index (χ3v) is 2.80. The summed E-state index contributed by atoms with van der Waals surface area (Å²) in [6.45, 7) is 8.30. The summed E-state index contributed by atoms with van der Waals surface area (Å²) in [5, 5.41) is 1.52. The van der Waals surface area contributed by atoms with Crippen molar-refractivity contribution in [2.45, 2.75) is 32.8 Å². The second-order valence-electron chi connectivity index (χ2n) is 4.02. The lowest BCUT2D eigenvalue weighted by Crippen LogP contribution is -2.25. The van der Waals surface area contributed by atoms with Crippen molar-refractivity contribution in [1.82, 2.24) is 0 Å². The molecule has 0 spiro atoms. The Morgan fingerprint density at radius 3 is 2.33 bits per heavy atom. The monoisotopic (exact) mass is 188 g/mol. The van der Waals surface area contributed by atoms with Crippen LogP contribution in [0, 0.1) is 5.41 Å². The molecule has 0 aromatic heterocycles. The first kappa shape index (κ1) is 9.93. The van der Waals surface area contributed by atoms with E-state index in [1.54, 1.807) is 18.9 Å². The summed E-state index contributed by atoms with van der Waals surface area (Å²) >= 11 is 1.57. The average Bonchev–Trinajstić information content (AvgIpc) is 2.32. The molecule has 1 atom stereocenters. The molecule has 0 aliphatic carbocycles. The van der Waals surface area contributed by atoms with E-state index in [0.717, 1.165) is 5.76 Å². The van der Waals surface area contributed by atoms with E-state index in [4.69, 9.17) is 9.47 Å². The van der Waals surface area contributed by atoms with E-state index in [2.05, 4.69) is 20.8 Å². The quantitative estimate of drug-likeness (QED) is 0.630. The molecular formula is C9H16O2S. The van der Waals surface area contributed by atoms with E-state index >= 15 is 0 Å². The van der Waals surface area contributed by atoms with Crippen molar-refractivity contribution < 1.29 is 9.47 Å². The first-order valence-corrected chi connectivity index (χ1v) is 4.88. The van der Waals surface area contributed by atoms with Crippen LogP contribution in [0.25, 0.3) is 0 Å². The Bertz CT molecular complexity index is 205. The van der Waals surface area contributed by atoms with Crippen LogP contribution in [0.15, 0.2) is 11.2 Å². The highest BCUT2D eigenvalue weighted by Crippen LogP contribution is 2.44. The predicted molar refractivity (Wildman–Crippen MR) is 51.6 cm³/mol. The number of hydrogen-bond acceptors (Lipinski definition) is 3. The normalized spacial score (nSPS) is 29.9. The molecule has 1 heterocycles. The van der Waals surface area contributed by atoms with Crippen LogP contribution in [-0.4, -0.2) is 12.2 Å². The van der Waals surface area contributed by atoms with Gasteiger partial charge in [-0.05, 0) is 0 Å². The molecular weight excluding hydrogens is 172 g/mol. The molecule has 70 valence electrons. The molecule has 0 N–H and O–H groups in total. The zero-order chi connectivity index (χ0) is 9.41. The van der Waals surface area contributed by atoms with Gasteiger partial charge in [-0.1, -0.05) is 32.5 Å². The Hall–Kier alpha value is -0.150. The topological polar surface area (TPSA) is 18.5 Å². The maximum absolute atomic E-state index is 5.66. The van der Waals surface area contributed by atoms with E-state index in [1.165, 1.54) is 0 Å². The number of thioether (sulfide) groups is 1. The lowest BCUT2D eigenvalue weighted by molar-refractivity contribution is -0.117. The first-order valence-electron chi connectivity index (χ1n) is 4.00. The van der Waals surface area contributed by atoms with E-state index in [9.17, 15) is 0 Å². The second kappa shape index (κ2) is 2.96. The fourth-order valence-electron chi connectivity index (χ4n) is 0.828. The molecule has 0 radical (unpaired) electrons. The minimum absolute atomic E-state index is 0.0727. The summed E-state index contributed by atoms with van der Waals surface area (Å²) in [7, 11) is 1.66. The van der Waals surface area contributed by atoms with Gasteiger partial charge in [-0.3, -0.25) is 0 Å². The molecule has 1 rings (SSSR count). The van der Waals surface area contributed by atoms with E-state index in [0.29, 0.717) is 0 Å². The SMILES string of the molecule is COC1(C)OC(C(C)(C)C)=CS1. The second-order valence-corrected chi connectivity index (χ2v) is 5.23. The lowest BCUT2D eigenvalue weighted by atomic mass is 9.95. The van der Waals surface area contributed by atoms with Crippen LogP contribution in [0.5, 0.6) is 0 Å². The van der Waals surface area contributed by atoms with Crippen molar-refractivity contribution in [2.75, 3.05) is 7.11 Å². The van der Waals surface area contributed by atoms with Gasteiger partial charge in [-0.15, -0.1) is 0 Å². The van der Waals surface area contributed by atoms with Crippen LogP contribution < -0.4 is 0 Å². The highest BCUT2D eigenvalue weighted by atomic mass is 32.2. The van der Waals surface area contributed by atoms with Gasteiger partial charge >= 0.3 is 0 Å². The summed E-state index contributed by atoms with van der Waals surface area (Å²) in [6.07, 6.45) is 0. The van der Waals surface area contributed by atoms with Gasteiger partial charge in [-0.2, -0.15) is 0 Å². The van der Waals surface area contributed by atoms with Gasteiger partial charge in [0.05, 0.1) is 0 Å². The molecule has 1 aliphatic heterocycles. The number of hydrogen-bond donors (Lipinski definition) is 0. The highest BCUT2D eigenvalue weighted by molar-refractivity contribution is 8.03. The predicted octanol–water partition coefficient (Wildman–Crippen LogP) is 2.96. The standard InChI is InChI=1S/C9H16O2S/c1-8(2,3)7-6-12-9(4,10-5)11-7/h6H,1-5H3. The fraction of sp³-hybridized carbons (Fsp3) is 0.778. The molecule has 2 nitrogen and oxygen atoms in total. The first-order chi connectivity index (χ1) is 5.37. The Morgan fingerprint density at radius 1 is 1.50 bits per heavy atom. The molecule has 0 saturated heterocycles. The maximum Gasteiger partial charge on any atom is 0.260 e. The largest absolute Gasteiger partial charge is 0.456 e. The molecule has 0 saturated carbocycles. The Kier molecular flexibility index (Phi) is 2.45. The fourth-order valence-corrected chi connectivity index (χ4v) is 1.78. The van der Waals surface area contributed by atoms with Crippen LogP contribution in [0.2, 0.25) is 0 Å². The van der Waals surface area contributed by atoms with Crippen LogP contribution in [-0.2, 0) is 9.47 Å². The van der Waals surface area contributed by atoms with Gasteiger partial charge in [0.25, 0.3) is 5.12 Å². The minimum Gasteiger partial charge on any atom is -0.456 e. The Morgan fingerprint density at radius 2 is 2.08 bits per heavy atom. The average molecular weight is 188 g/mol. The number of allylic oxidation sites excluding steroid dienone is 1. The number of rotatable bonds is 1. The van der Waals surface area contributed by atoms with Gasteiger partial charge in [0.15, 0.2) is 0 Å². The van der Waals surface area contributed by atoms with Crippen LogP contribution in [0.4, 0.5) is 0 Å². The van der Waals surface area contributed by atoms with Crippen molar-refractivity contribution in [3.05, 3.63) is 11.2 Å². The van der Waals surface area contributed by atoms with Crippen molar-refractivity contribution >= 4 is 11.8 Å². The minimum atomic E-state index is -0.511. The molecule has 0 aromatic carbocycles. The van der Waals surface area contributed by atoms with Crippen LogP contribution >= 0.6 is 11.8 Å². The summed E-state index contributed by atoms with van der Waals surface area (Å²) < 4.78 is 10.9. The zero-order valence-electron chi connectivity index (χ0n) is 8.30. The van der Waals surface area contributed by atoms with Crippen molar-refractivity contribution in [3.8, 4) is 0 Å². The molecule has 0 aromatic rings. The smallest absolute Gasteiger partial charge is 0.260 e. The van der Waals surface area contributed by atoms with Crippen molar-refractivity contribution in [3.63, 3.8) is 0 Å². The Labute approximate surface area is 78.3 Å². The van der Waals surface area contributed by atoms with Gasteiger partial charge in [0, 0.05) is 24.9 Å². The molecule has 0 amide bonds. The summed E-state index contributed by atoms with van der Waals surface area (Å²) in [4.78, 5) is 0. The summed E-state index contributed by atoms with van der Waals surface area (Å²) in [6, 6.07) is 0. The lowest BCUT2D eigenvalue weighted by Gasteiger charge is -2.26. The zero-order valence-corrected chi connectivity index (χ0v) is 9.12. The van der Waals surface area contributed by atoms with E-state index in [-0.39, 0.29) is 5.41 Å². The van der Waals surface area contributed by atoms with Gasteiger partial charge < -0.3 is 9.47 Å². The molecule has 1 unspecified atom stereocenters.